The molecule has 35 heavy (non-hydrogen) atoms. The van der Waals surface area contributed by atoms with Gasteiger partial charge in [-0.05, 0) is 29.2 Å². The fourth-order valence-corrected chi connectivity index (χ4v) is 4.20. The van der Waals surface area contributed by atoms with Crippen molar-refractivity contribution in [1.82, 2.24) is 24.9 Å². The van der Waals surface area contributed by atoms with Crippen molar-refractivity contribution in [3.8, 4) is 0 Å². The number of alkyl halides is 5. The highest BCUT2D eigenvalue weighted by molar-refractivity contribution is 6.01. The van der Waals surface area contributed by atoms with E-state index in [4.69, 9.17) is 0 Å². The lowest BCUT2D eigenvalue weighted by Gasteiger charge is -2.34. The maximum Gasteiger partial charge on any atom is 0.405 e. The third kappa shape index (κ3) is 4.88. The van der Waals surface area contributed by atoms with E-state index in [1.54, 1.807) is 18.3 Å². The van der Waals surface area contributed by atoms with Gasteiger partial charge in [0, 0.05) is 43.9 Å². The van der Waals surface area contributed by atoms with Crippen molar-refractivity contribution in [1.29, 1.82) is 0 Å². The van der Waals surface area contributed by atoms with Gasteiger partial charge in [-0.1, -0.05) is 6.08 Å². The van der Waals surface area contributed by atoms with Crippen LogP contribution in [0.3, 0.4) is 0 Å². The number of fused-ring (bicyclic) bond motifs is 2. The molecule has 1 fully saturated rings. The zero-order chi connectivity index (χ0) is 24.8. The minimum atomic E-state index is -4.40. The number of halogens is 5. The number of nitrogens with zero attached hydrogens (tertiary/aromatic N) is 4. The highest BCUT2D eigenvalue weighted by Gasteiger charge is 2.45. The lowest BCUT2D eigenvalue weighted by Crippen LogP contribution is -2.42. The fraction of sp³-hybridized carbons (Fsp3) is 0.364. The highest BCUT2D eigenvalue weighted by atomic mass is 19.4. The molecule has 1 amide bonds. The average molecular weight is 493 g/mol. The van der Waals surface area contributed by atoms with E-state index in [0.717, 1.165) is 11.1 Å². The van der Waals surface area contributed by atoms with Crippen LogP contribution in [0.5, 0.6) is 0 Å². The summed E-state index contributed by atoms with van der Waals surface area (Å²) in [4.78, 5) is 20.8. The Balaban J connectivity index is 1.36. The first kappa shape index (κ1) is 23.0. The second-order valence-electron chi connectivity index (χ2n) is 8.57. The van der Waals surface area contributed by atoms with Crippen molar-refractivity contribution >= 4 is 28.8 Å². The van der Waals surface area contributed by atoms with Crippen molar-refractivity contribution in [3.63, 3.8) is 0 Å². The minimum absolute atomic E-state index is 0.149. The molecule has 1 saturated carbocycles. The lowest BCUT2D eigenvalue weighted by atomic mass is 9.81. The molecule has 3 N–H and O–H groups in total. The Morgan fingerprint density at radius 1 is 1.26 bits per heavy atom. The van der Waals surface area contributed by atoms with Gasteiger partial charge < -0.3 is 16.0 Å². The molecule has 0 unspecified atom stereocenters. The summed E-state index contributed by atoms with van der Waals surface area (Å²) >= 11 is 0. The Morgan fingerprint density at radius 3 is 2.80 bits per heavy atom. The first-order chi connectivity index (χ1) is 16.6. The van der Waals surface area contributed by atoms with Gasteiger partial charge >= 0.3 is 6.18 Å². The van der Waals surface area contributed by atoms with E-state index in [-0.39, 0.29) is 31.3 Å². The van der Waals surface area contributed by atoms with Crippen LogP contribution in [0.4, 0.5) is 33.7 Å². The molecule has 1 aliphatic carbocycles. The second-order valence-corrected chi connectivity index (χ2v) is 8.57. The Kier molecular flexibility index (Phi) is 5.56. The van der Waals surface area contributed by atoms with Crippen molar-refractivity contribution in [2.45, 2.75) is 24.9 Å². The molecule has 1 aliphatic heterocycles. The molecule has 184 valence electrons. The van der Waals surface area contributed by atoms with E-state index in [2.05, 4.69) is 31.0 Å². The van der Waals surface area contributed by atoms with E-state index in [0.29, 0.717) is 29.0 Å². The molecule has 5 rings (SSSR count). The molecule has 0 aromatic carbocycles. The lowest BCUT2D eigenvalue weighted by molar-refractivity contribution is -0.115. The van der Waals surface area contributed by atoms with Gasteiger partial charge in [0.05, 0.1) is 17.3 Å². The zero-order valence-electron chi connectivity index (χ0n) is 18.2. The predicted molar refractivity (Wildman–Crippen MR) is 117 cm³/mol. The molecule has 13 heteroatoms. The van der Waals surface area contributed by atoms with Crippen molar-refractivity contribution in [3.05, 3.63) is 53.5 Å². The third-order valence-corrected chi connectivity index (χ3v) is 5.90. The molecule has 0 spiro atoms. The Bertz CT molecular complexity index is 1310. The van der Waals surface area contributed by atoms with Gasteiger partial charge in [-0.25, -0.2) is 18.3 Å². The largest absolute Gasteiger partial charge is 0.405 e. The van der Waals surface area contributed by atoms with Gasteiger partial charge in [-0.3, -0.25) is 4.79 Å². The number of rotatable bonds is 6. The number of pyridine rings is 1. The van der Waals surface area contributed by atoms with Gasteiger partial charge in [0.2, 0.25) is 11.9 Å². The minimum Gasteiger partial charge on any atom is -0.366 e. The Hall–Kier alpha value is -3.77. The first-order valence-corrected chi connectivity index (χ1v) is 10.8. The molecule has 2 aliphatic rings. The molecule has 0 atom stereocenters. The topological polar surface area (TPSA) is 96.2 Å². The van der Waals surface area contributed by atoms with Gasteiger partial charge in [0.1, 0.15) is 12.4 Å². The van der Waals surface area contributed by atoms with Crippen molar-refractivity contribution in [2.24, 2.45) is 5.92 Å². The number of amides is 1. The van der Waals surface area contributed by atoms with Gasteiger partial charge in [0.25, 0.3) is 5.91 Å². The monoisotopic (exact) mass is 493 g/mol. The molecule has 8 nitrogen and oxygen atoms in total. The maximum absolute atomic E-state index is 13.0. The van der Waals surface area contributed by atoms with Crippen LogP contribution in [0.2, 0.25) is 0 Å². The normalized spacial score (nSPS) is 17.2. The molecule has 0 bridgehead atoms. The number of nitrogens with one attached hydrogen (secondary N) is 3. The van der Waals surface area contributed by atoms with Gasteiger partial charge in [-0.15, -0.1) is 0 Å². The predicted octanol–water partition coefficient (Wildman–Crippen LogP) is 3.73. The van der Waals surface area contributed by atoms with E-state index >= 15 is 0 Å². The number of anilines is 2. The Labute approximate surface area is 195 Å². The molecule has 4 heterocycles. The first-order valence-electron chi connectivity index (χ1n) is 10.8. The molecule has 3 aromatic rings. The molecule has 3 aromatic heterocycles. The smallest absolute Gasteiger partial charge is 0.366 e. The summed E-state index contributed by atoms with van der Waals surface area (Å²) in [5.41, 5.74) is 2.88. The van der Waals surface area contributed by atoms with Crippen LogP contribution in [0, 0.1) is 5.92 Å². The van der Waals surface area contributed by atoms with Crippen LogP contribution in [-0.2, 0) is 0 Å². The fourth-order valence-electron chi connectivity index (χ4n) is 4.20. The van der Waals surface area contributed by atoms with Gasteiger partial charge in [0.15, 0.2) is 0 Å². The SMILES string of the molecule is O=C(NCC1CC(F)(F)C1)c1cnn2ccc(C3=CCNc4nc(NCC(F)(F)F)ncc43)cc12. The molecule has 0 radical (unpaired) electrons. The summed E-state index contributed by atoms with van der Waals surface area (Å²) < 4.78 is 65.1. The van der Waals surface area contributed by atoms with Crippen molar-refractivity contribution < 1.29 is 26.7 Å². The number of hydrogen-bond donors (Lipinski definition) is 3. The second kappa shape index (κ2) is 8.47. The summed E-state index contributed by atoms with van der Waals surface area (Å²) in [6.07, 6.45) is 1.54. The van der Waals surface area contributed by atoms with Crippen molar-refractivity contribution in [2.75, 3.05) is 30.3 Å². The van der Waals surface area contributed by atoms with E-state index < -0.39 is 24.6 Å². The standard InChI is InChI=1S/C22H20F5N7O/c23-21(24)6-12(7-21)8-29-19(35)16-10-32-34-4-2-13(5-17(16)34)14-1-3-28-18-15(14)9-30-20(33-18)31-11-22(25,26)27/h1-2,4-5,9-10,12H,3,6-8,11H2,(H,29,35)(H2,28,30,31,33). The van der Waals surface area contributed by atoms with E-state index in [1.165, 1.54) is 16.9 Å². The molecule has 0 saturated heterocycles. The van der Waals surface area contributed by atoms with Crippen LogP contribution >= 0.6 is 0 Å². The average Bonchev–Trinajstić information content (AvgIpc) is 3.22. The Morgan fingerprint density at radius 2 is 2.06 bits per heavy atom. The molecular formula is C22H20F5N7O. The van der Waals surface area contributed by atoms with Crippen LogP contribution in [0.25, 0.3) is 11.1 Å². The summed E-state index contributed by atoms with van der Waals surface area (Å²) in [6, 6.07) is 3.55. The van der Waals surface area contributed by atoms with Crippen LogP contribution in [0.1, 0.15) is 34.3 Å². The number of aromatic nitrogens is 4. The summed E-state index contributed by atoms with van der Waals surface area (Å²) in [7, 11) is 0. The molecular weight excluding hydrogens is 473 g/mol. The third-order valence-electron chi connectivity index (χ3n) is 5.90. The highest BCUT2D eigenvalue weighted by Crippen LogP contribution is 2.41. The summed E-state index contributed by atoms with van der Waals surface area (Å²) in [5.74, 6) is -3.07. The number of carbonyl (C=O) groups is 1. The van der Waals surface area contributed by atoms with Crippen LogP contribution in [-0.4, -0.2) is 57.2 Å². The summed E-state index contributed by atoms with van der Waals surface area (Å²) in [5, 5.41) is 12.1. The summed E-state index contributed by atoms with van der Waals surface area (Å²) in [6.45, 7) is -0.695. The zero-order valence-corrected chi connectivity index (χ0v) is 18.2. The van der Waals surface area contributed by atoms with Crippen LogP contribution in [0.15, 0.2) is 36.8 Å². The van der Waals surface area contributed by atoms with E-state index in [1.807, 2.05) is 6.08 Å². The van der Waals surface area contributed by atoms with Crippen LogP contribution < -0.4 is 16.0 Å². The number of carbonyl (C=O) groups excluding carboxylic acids is 1. The maximum atomic E-state index is 13.0. The van der Waals surface area contributed by atoms with Gasteiger partial charge in [-0.2, -0.15) is 23.3 Å². The quantitative estimate of drug-likeness (QED) is 0.453. The number of hydrogen-bond acceptors (Lipinski definition) is 6. The van der Waals surface area contributed by atoms with E-state index in [9.17, 15) is 26.7 Å².